The lowest BCUT2D eigenvalue weighted by Gasteiger charge is -2.27. The number of nitrogens with one attached hydrogen (secondary N) is 1. The molecule has 0 spiro atoms. The number of aryl methyl sites for hydroxylation is 1. The summed E-state index contributed by atoms with van der Waals surface area (Å²) in [5.41, 5.74) is 3.96. The van der Waals surface area contributed by atoms with Gasteiger partial charge in [0.25, 0.3) is 5.91 Å². The summed E-state index contributed by atoms with van der Waals surface area (Å²) < 4.78 is 36.3. The third-order valence-electron chi connectivity index (χ3n) is 7.85. The molecule has 0 heterocycles. The number of methoxy groups -OCH3 is 1. The third-order valence-corrected chi connectivity index (χ3v) is 10.3. The number of benzene rings is 2. The van der Waals surface area contributed by atoms with E-state index in [1.165, 1.54) is 26.4 Å². The first kappa shape index (κ1) is 33.1. The zero-order valence-corrected chi connectivity index (χ0v) is 26.5. The van der Waals surface area contributed by atoms with Crippen LogP contribution in [-0.2, 0) is 30.7 Å². The largest absolute Gasteiger partial charge is 0.467 e. The third kappa shape index (κ3) is 10.1. The second-order valence-electron chi connectivity index (χ2n) is 10.9. The zero-order valence-electron chi connectivity index (χ0n) is 24.8. The van der Waals surface area contributed by atoms with Crippen molar-refractivity contribution in [1.82, 2.24) is 5.32 Å². The molecule has 1 fully saturated rings. The van der Waals surface area contributed by atoms with E-state index in [0.29, 0.717) is 23.7 Å². The van der Waals surface area contributed by atoms with Crippen molar-refractivity contribution >= 4 is 33.5 Å². The molecule has 1 aliphatic carbocycles. The minimum atomic E-state index is -3.19. The first-order valence-electron chi connectivity index (χ1n) is 14.6. The molecule has 2 atom stereocenters. The summed E-state index contributed by atoms with van der Waals surface area (Å²) in [6, 6.07) is 12.6. The quantitative estimate of drug-likeness (QED) is 0.250. The van der Waals surface area contributed by atoms with Gasteiger partial charge in [-0.15, -0.1) is 0 Å². The van der Waals surface area contributed by atoms with Crippen LogP contribution in [0.25, 0.3) is 11.1 Å². The number of carbonyl (C=O) groups excluding carboxylic acids is 2. The molecule has 0 aliphatic heterocycles. The minimum Gasteiger partial charge on any atom is -0.467 e. The number of hydrogen-bond donors (Lipinski definition) is 1. The lowest BCUT2D eigenvalue weighted by molar-refractivity contribution is -0.142. The Bertz CT molecular complexity index is 1260. The van der Waals surface area contributed by atoms with Crippen LogP contribution < -0.4 is 5.32 Å². The van der Waals surface area contributed by atoms with Gasteiger partial charge in [-0.05, 0) is 72.1 Å². The standard InChI is InChI=1S/C32H45NO6S2/c1-5-41(36,37)22-26(19-24-12-7-6-8-13-24)39-21-25-15-16-28(29(20-25)27-14-10-9-11-23(27)2)31(34)33-30(17-18-40-4)32(35)38-3/h9-11,14-16,20,24,26,30H,5-8,12-13,17-19,21-22H2,1-4H3,(H,33,34)/t26-,30-/m0/s1. The predicted molar refractivity (Wildman–Crippen MR) is 167 cm³/mol. The van der Waals surface area contributed by atoms with Crippen molar-refractivity contribution in [3.63, 3.8) is 0 Å². The van der Waals surface area contributed by atoms with E-state index in [2.05, 4.69) is 5.32 Å². The maximum atomic E-state index is 13.5. The fraction of sp³-hybridized carbons (Fsp3) is 0.562. The van der Waals surface area contributed by atoms with Crippen LogP contribution in [0.15, 0.2) is 42.5 Å². The SMILES string of the molecule is CCS(=O)(=O)C[C@H](CC1CCCCC1)OCc1ccc(C(=O)N[C@@H](CCSC)C(=O)OC)c(-c2ccccc2C)c1. The lowest BCUT2D eigenvalue weighted by atomic mass is 9.85. The first-order chi connectivity index (χ1) is 19.7. The van der Waals surface area contributed by atoms with Crippen LogP contribution >= 0.6 is 11.8 Å². The van der Waals surface area contributed by atoms with Crippen LogP contribution in [0.2, 0.25) is 0 Å². The van der Waals surface area contributed by atoms with Gasteiger partial charge in [-0.3, -0.25) is 4.79 Å². The zero-order chi connectivity index (χ0) is 29.8. The molecule has 0 saturated heterocycles. The van der Waals surface area contributed by atoms with E-state index in [0.717, 1.165) is 41.5 Å². The van der Waals surface area contributed by atoms with Crippen LogP contribution in [0, 0.1) is 12.8 Å². The molecule has 1 amide bonds. The smallest absolute Gasteiger partial charge is 0.328 e. The highest BCUT2D eigenvalue weighted by molar-refractivity contribution is 7.98. The van der Waals surface area contributed by atoms with Crippen LogP contribution in [0.1, 0.15) is 73.4 Å². The van der Waals surface area contributed by atoms with Crippen molar-refractivity contribution in [3.8, 4) is 11.1 Å². The molecule has 9 heteroatoms. The number of rotatable bonds is 15. The average molecular weight is 604 g/mol. The van der Waals surface area contributed by atoms with Crippen LogP contribution in [0.3, 0.4) is 0 Å². The van der Waals surface area contributed by atoms with E-state index >= 15 is 0 Å². The van der Waals surface area contributed by atoms with E-state index in [1.807, 2.05) is 49.6 Å². The maximum absolute atomic E-state index is 13.5. The summed E-state index contributed by atoms with van der Waals surface area (Å²) in [6.45, 7) is 3.92. The normalized spacial score (nSPS) is 15.7. The number of amides is 1. The van der Waals surface area contributed by atoms with Crippen molar-refractivity contribution in [1.29, 1.82) is 0 Å². The summed E-state index contributed by atoms with van der Waals surface area (Å²) >= 11 is 1.60. The van der Waals surface area contributed by atoms with E-state index in [9.17, 15) is 18.0 Å². The molecule has 0 aromatic heterocycles. The summed E-state index contributed by atoms with van der Waals surface area (Å²) in [5, 5.41) is 2.87. The predicted octanol–water partition coefficient (Wildman–Crippen LogP) is 5.98. The molecule has 1 saturated carbocycles. The maximum Gasteiger partial charge on any atom is 0.328 e. The Hall–Kier alpha value is -2.36. The van der Waals surface area contributed by atoms with E-state index < -0.39 is 21.8 Å². The van der Waals surface area contributed by atoms with E-state index in [-0.39, 0.29) is 30.1 Å². The molecular weight excluding hydrogens is 558 g/mol. The number of ether oxygens (including phenoxy) is 2. The second kappa shape index (κ2) is 16.3. The number of hydrogen-bond acceptors (Lipinski definition) is 7. The van der Waals surface area contributed by atoms with Crippen molar-refractivity contribution < 1.29 is 27.5 Å². The number of thioether (sulfide) groups is 1. The molecule has 2 aromatic rings. The number of esters is 1. The van der Waals surface area contributed by atoms with Crippen LogP contribution in [-0.4, -0.2) is 63.1 Å². The first-order valence-corrected chi connectivity index (χ1v) is 17.8. The molecule has 1 N–H and O–H groups in total. The van der Waals surface area contributed by atoms with Gasteiger partial charge < -0.3 is 14.8 Å². The Morgan fingerprint density at radius 2 is 1.80 bits per heavy atom. The lowest BCUT2D eigenvalue weighted by Crippen LogP contribution is -2.42. The Labute approximate surface area is 250 Å². The molecule has 226 valence electrons. The monoisotopic (exact) mass is 603 g/mol. The summed E-state index contributed by atoms with van der Waals surface area (Å²) in [6.07, 6.45) is 8.66. The molecule has 0 bridgehead atoms. The summed E-state index contributed by atoms with van der Waals surface area (Å²) in [4.78, 5) is 25.9. The fourth-order valence-corrected chi connectivity index (χ4v) is 6.94. The fourth-order valence-electron chi connectivity index (χ4n) is 5.43. The molecule has 1 aliphatic rings. The number of carbonyl (C=O) groups is 2. The summed E-state index contributed by atoms with van der Waals surface area (Å²) in [7, 11) is -1.87. The molecule has 2 aromatic carbocycles. The highest BCUT2D eigenvalue weighted by Crippen LogP contribution is 2.31. The molecule has 7 nitrogen and oxygen atoms in total. The van der Waals surface area contributed by atoms with Crippen molar-refractivity contribution in [2.24, 2.45) is 5.92 Å². The number of sulfone groups is 1. The van der Waals surface area contributed by atoms with Gasteiger partial charge >= 0.3 is 5.97 Å². The molecule has 0 unspecified atom stereocenters. The Morgan fingerprint density at radius 3 is 2.46 bits per heavy atom. The minimum absolute atomic E-state index is 0.0239. The van der Waals surface area contributed by atoms with E-state index in [1.54, 1.807) is 24.8 Å². The molecule has 41 heavy (non-hydrogen) atoms. The molecule has 3 rings (SSSR count). The molecule has 0 radical (unpaired) electrons. The topological polar surface area (TPSA) is 98.8 Å². The van der Waals surface area contributed by atoms with Gasteiger partial charge in [-0.1, -0.05) is 69.4 Å². The van der Waals surface area contributed by atoms with Crippen molar-refractivity contribution in [2.75, 3.05) is 30.6 Å². The Kier molecular flexibility index (Phi) is 13.2. The highest BCUT2D eigenvalue weighted by Gasteiger charge is 2.26. The second-order valence-corrected chi connectivity index (χ2v) is 14.3. The van der Waals surface area contributed by atoms with Crippen LogP contribution in [0.5, 0.6) is 0 Å². The van der Waals surface area contributed by atoms with Gasteiger partial charge in [0.1, 0.15) is 6.04 Å². The van der Waals surface area contributed by atoms with Gasteiger partial charge in [0.2, 0.25) is 0 Å². The van der Waals surface area contributed by atoms with Crippen LogP contribution in [0.4, 0.5) is 0 Å². The van der Waals surface area contributed by atoms with Gasteiger partial charge in [0.15, 0.2) is 9.84 Å². The van der Waals surface area contributed by atoms with Crippen molar-refractivity contribution in [3.05, 3.63) is 59.2 Å². The van der Waals surface area contributed by atoms with Crippen molar-refractivity contribution in [2.45, 2.75) is 77.5 Å². The summed E-state index contributed by atoms with van der Waals surface area (Å²) in [5.74, 6) is 0.496. The van der Waals surface area contributed by atoms with Gasteiger partial charge in [-0.2, -0.15) is 11.8 Å². The van der Waals surface area contributed by atoms with Gasteiger partial charge in [0, 0.05) is 11.3 Å². The Balaban J connectivity index is 1.87. The highest BCUT2D eigenvalue weighted by atomic mass is 32.2. The van der Waals surface area contributed by atoms with Gasteiger partial charge in [0.05, 0.1) is 25.6 Å². The molecular formula is C32H45NO6S2. The van der Waals surface area contributed by atoms with E-state index in [4.69, 9.17) is 9.47 Å². The average Bonchev–Trinajstić information content (AvgIpc) is 2.98. The Morgan fingerprint density at radius 1 is 1.07 bits per heavy atom. The van der Waals surface area contributed by atoms with Gasteiger partial charge in [-0.25, -0.2) is 13.2 Å².